The molecule has 0 unspecified atom stereocenters. The molecule has 1 amide bonds. The normalized spacial score (nSPS) is 15.4. The number of aromatic nitrogens is 1. The van der Waals surface area contributed by atoms with Gasteiger partial charge >= 0.3 is 0 Å². The van der Waals surface area contributed by atoms with Gasteiger partial charge in [-0.25, -0.2) is 4.98 Å². The number of carbonyl (C=O) groups excluding carboxylic acids is 1. The van der Waals surface area contributed by atoms with Crippen molar-refractivity contribution in [3.05, 3.63) is 51.7 Å². The molecular weight excluding hydrogens is 402 g/mol. The average Bonchev–Trinajstić information content (AvgIpc) is 3.37. The van der Waals surface area contributed by atoms with E-state index >= 15 is 0 Å². The number of thiazole rings is 1. The Balaban J connectivity index is 1.58. The van der Waals surface area contributed by atoms with Crippen LogP contribution in [0.2, 0.25) is 0 Å². The third-order valence-electron chi connectivity index (χ3n) is 5.17. The van der Waals surface area contributed by atoms with Crippen molar-refractivity contribution >= 4 is 50.0 Å². The Hall–Kier alpha value is -2.06. The van der Waals surface area contributed by atoms with Crippen LogP contribution in [0.1, 0.15) is 16.0 Å². The first-order valence-corrected chi connectivity index (χ1v) is 11.5. The van der Waals surface area contributed by atoms with E-state index in [1.165, 1.54) is 11.1 Å². The third kappa shape index (κ3) is 4.93. The van der Waals surface area contributed by atoms with E-state index in [0.717, 1.165) is 53.1 Å². The van der Waals surface area contributed by atoms with Crippen molar-refractivity contribution in [2.24, 2.45) is 0 Å². The molecule has 1 aliphatic heterocycles. The largest absolute Gasteiger partial charge is 0.379 e. The summed E-state index contributed by atoms with van der Waals surface area (Å²) < 4.78 is 6.56. The maximum atomic E-state index is 13.1. The SMILES string of the molecule is Cc1cc2nc(N(CCN3CCOCC3)C(=O)/C=C/c3cccs3)sc2cc1C. The number of morpholine rings is 1. The molecule has 29 heavy (non-hydrogen) atoms. The van der Waals surface area contributed by atoms with Crippen molar-refractivity contribution in [1.82, 2.24) is 9.88 Å². The Bertz CT molecular complexity index is 966. The second kappa shape index (κ2) is 9.17. The summed E-state index contributed by atoms with van der Waals surface area (Å²) in [4.78, 5) is 23.1. The minimum absolute atomic E-state index is 0.0286. The lowest BCUT2D eigenvalue weighted by Gasteiger charge is -2.28. The smallest absolute Gasteiger partial charge is 0.252 e. The zero-order chi connectivity index (χ0) is 20.2. The summed E-state index contributed by atoms with van der Waals surface area (Å²) in [6.45, 7) is 8.97. The Morgan fingerprint density at radius 3 is 2.83 bits per heavy atom. The molecule has 3 heterocycles. The molecule has 152 valence electrons. The second-order valence-electron chi connectivity index (χ2n) is 7.19. The summed E-state index contributed by atoms with van der Waals surface area (Å²) in [5, 5.41) is 2.78. The van der Waals surface area contributed by atoms with E-state index in [2.05, 4.69) is 30.9 Å². The monoisotopic (exact) mass is 427 g/mol. The number of hydrogen-bond donors (Lipinski definition) is 0. The first kappa shape index (κ1) is 20.2. The Morgan fingerprint density at radius 1 is 1.28 bits per heavy atom. The van der Waals surface area contributed by atoms with Crippen LogP contribution in [0.3, 0.4) is 0 Å². The Labute approximate surface area is 179 Å². The summed E-state index contributed by atoms with van der Waals surface area (Å²) >= 11 is 3.21. The number of ether oxygens (including phenoxy) is 1. The van der Waals surface area contributed by atoms with Gasteiger partial charge in [0.25, 0.3) is 5.91 Å². The molecule has 0 N–H and O–H groups in total. The Kier molecular flexibility index (Phi) is 6.40. The van der Waals surface area contributed by atoms with Gasteiger partial charge in [-0.15, -0.1) is 11.3 Å². The van der Waals surface area contributed by atoms with E-state index in [1.54, 1.807) is 28.7 Å². The molecule has 1 aliphatic rings. The standard InChI is InChI=1S/C22H25N3O2S2/c1-16-14-19-20(15-17(16)2)29-22(23-19)25(8-7-24-9-11-27-12-10-24)21(26)6-5-18-4-3-13-28-18/h3-6,13-15H,7-12H2,1-2H3/b6-5+. The molecule has 1 aromatic carbocycles. The number of anilines is 1. The van der Waals surface area contributed by atoms with E-state index in [0.29, 0.717) is 6.54 Å². The molecule has 0 spiro atoms. The molecule has 0 aliphatic carbocycles. The van der Waals surface area contributed by atoms with E-state index in [1.807, 2.05) is 28.5 Å². The predicted molar refractivity (Wildman–Crippen MR) is 122 cm³/mol. The highest BCUT2D eigenvalue weighted by Crippen LogP contribution is 2.31. The highest BCUT2D eigenvalue weighted by molar-refractivity contribution is 7.22. The van der Waals surface area contributed by atoms with Crippen LogP contribution in [0.5, 0.6) is 0 Å². The van der Waals surface area contributed by atoms with Crippen molar-refractivity contribution in [1.29, 1.82) is 0 Å². The topological polar surface area (TPSA) is 45.7 Å². The van der Waals surface area contributed by atoms with Crippen molar-refractivity contribution in [2.45, 2.75) is 13.8 Å². The zero-order valence-electron chi connectivity index (χ0n) is 16.8. The number of benzene rings is 1. The van der Waals surface area contributed by atoms with Crippen molar-refractivity contribution in [3.8, 4) is 0 Å². The van der Waals surface area contributed by atoms with Gasteiger partial charge in [0, 0.05) is 37.1 Å². The van der Waals surface area contributed by atoms with Gasteiger partial charge < -0.3 is 4.74 Å². The van der Waals surface area contributed by atoms with Gasteiger partial charge in [0.2, 0.25) is 0 Å². The lowest BCUT2D eigenvalue weighted by atomic mass is 10.1. The molecule has 1 fully saturated rings. The van der Waals surface area contributed by atoms with Crippen LogP contribution in [-0.4, -0.2) is 55.2 Å². The van der Waals surface area contributed by atoms with E-state index in [4.69, 9.17) is 9.72 Å². The van der Waals surface area contributed by atoms with Gasteiger partial charge in [0.1, 0.15) is 0 Å². The molecule has 0 saturated carbocycles. The van der Waals surface area contributed by atoms with Crippen LogP contribution in [0.4, 0.5) is 5.13 Å². The average molecular weight is 428 g/mol. The number of hydrogen-bond acceptors (Lipinski definition) is 6. The van der Waals surface area contributed by atoms with Gasteiger partial charge in [0.15, 0.2) is 5.13 Å². The molecule has 2 aromatic heterocycles. The number of nitrogens with zero attached hydrogens (tertiary/aromatic N) is 3. The van der Waals surface area contributed by atoms with Gasteiger partial charge in [-0.3, -0.25) is 14.6 Å². The molecule has 3 aromatic rings. The number of thiophene rings is 1. The number of amides is 1. The minimum atomic E-state index is -0.0286. The first-order chi connectivity index (χ1) is 14.1. The molecule has 0 bridgehead atoms. The fourth-order valence-electron chi connectivity index (χ4n) is 3.28. The zero-order valence-corrected chi connectivity index (χ0v) is 18.4. The lowest BCUT2D eigenvalue weighted by molar-refractivity contribution is -0.114. The second-order valence-corrected chi connectivity index (χ2v) is 9.18. The number of aryl methyl sites for hydroxylation is 2. The fraction of sp³-hybridized carbons (Fsp3) is 0.364. The third-order valence-corrected chi connectivity index (χ3v) is 7.05. The summed E-state index contributed by atoms with van der Waals surface area (Å²) in [5.74, 6) is -0.0286. The molecule has 0 radical (unpaired) electrons. The minimum Gasteiger partial charge on any atom is -0.379 e. The Morgan fingerprint density at radius 2 is 2.07 bits per heavy atom. The van der Waals surface area contributed by atoms with E-state index < -0.39 is 0 Å². The maximum absolute atomic E-state index is 13.1. The van der Waals surface area contributed by atoms with Crippen molar-refractivity contribution in [2.75, 3.05) is 44.3 Å². The van der Waals surface area contributed by atoms with Crippen LogP contribution in [0.15, 0.2) is 35.7 Å². The van der Waals surface area contributed by atoms with Gasteiger partial charge in [-0.2, -0.15) is 0 Å². The van der Waals surface area contributed by atoms with Crippen molar-refractivity contribution < 1.29 is 9.53 Å². The van der Waals surface area contributed by atoms with Crippen LogP contribution >= 0.6 is 22.7 Å². The van der Waals surface area contributed by atoms with Crippen LogP contribution in [0.25, 0.3) is 16.3 Å². The van der Waals surface area contributed by atoms with Crippen LogP contribution in [0, 0.1) is 13.8 Å². The molecule has 0 atom stereocenters. The van der Waals surface area contributed by atoms with E-state index in [9.17, 15) is 4.79 Å². The summed E-state index contributed by atoms with van der Waals surface area (Å²) in [7, 11) is 0. The number of rotatable bonds is 6. The molecule has 5 nitrogen and oxygen atoms in total. The van der Waals surface area contributed by atoms with Crippen LogP contribution in [-0.2, 0) is 9.53 Å². The van der Waals surface area contributed by atoms with Gasteiger partial charge in [-0.1, -0.05) is 17.4 Å². The fourth-order valence-corrected chi connectivity index (χ4v) is 4.97. The molecular formula is C22H25N3O2S2. The van der Waals surface area contributed by atoms with Gasteiger partial charge in [0.05, 0.1) is 23.4 Å². The predicted octanol–water partition coefficient (Wildman–Crippen LogP) is 4.35. The lowest BCUT2D eigenvalue weighted by Crippen LogP contribution is -2.42. The van der Waals surface area contributed by atoms with Crippen LogP contribution < -0.4 is 4.90 Å². The number of carbonyl (C=O) groups is 1. The highest BCUT2D eigenvalue weighted by Gasteiger charge is 2.20. The summed E-state index contributed by atoms with van der Waals surface area (Å²) in [6, 6.07) is 8.27. The highest BCUT2D eigenvalue weighted by atomic mass is 32.1. The number of fused-ring (bicyclic) bond motifs is 1. The van der Waals surface area contributed by atoms with Gasteiger partial charge in [-0.05, 0) is 54.6 Å². The summed E-state index contributed by atoms with van der Waals surface area (Å²) in [5.41, 5.74) is 3.43. The summed E-state index contributed by atoms with van der Waals surface area (Å²) in [6.07, 6.45) is 3.55. The van der Waals surface area contributed by atoms with E-state index in [-0.39, 0.29) is 5.91 Å². The molecule has 4 rings (SSSR count). The first-order valence-electron chi connectivity index (χ1n) is 9.81. The molecule has 1 saturated heterocycles. The van der Waals surface area contributed by atoms with Crippen molar-refractivity contribution in [3.63, 3.8) is 0 Å². The maximum Gasteiger partial charge on any atom is 0.252 e. The molecule has 7 heteroatoms. The quantitative estimate of drug-likeness (QED) is 0.549.